The Balaban J connectivity index is 1.36. The summed E-state index contributed by atoms with van der Waals surface area (Å²) in [5.41, 5.74) is 5.13. The average molecular weight is 588 g/mol. The Morgan fingerprint density at radius 3 is 2.41 bits per heavy atom. The summed E-state index contributed by atoms with van der Waals surface area (Å²) in [5, 5.41) is 2.90. The van der Waals surface area contributed by atoms with Gasteiger partial charge in [0.2, 0.25) is 5.91 Å². The summed E-state index contributed by atoms with van der Waals surface area (Å²) in [6.45, 7) is 4.06. The van der Waals surface area contributed by atoms with Crippen molar-refractivity contribution in [3.8, 4) is 11.5 Å². The van der Waals surface area contributed by atoms with Crippen molar-refractivity contribution in [2.75, 3.05) is 37.5 Å². The highest BCUT2D eigenvalue weighted by atomic mass is 32.2. The fraction of sp³-hybridized carbons (Fsp3) is 0.226. The molecule has 3 aromatic carbocycles. The summed E-state index contributed by atoms with van der Waals surface area (Å²) in [6, 6.07) is 18.5. The van der Waals surface area contributed by atoms with Gasteiger partial charge in [0.15, 0.2) is 11.5 Å². The minimum Gasteiger partial charge on any atom is -0.493 e. The van der Waals surface area contributed by atoms with E-state index in [-0.39, 0.29) is 28.8 Å². The smallest absolute Gasteiger partial charge is 0.267 e. The first-order valence-electron chi connectivity index (χ1n) is 13.0. The molecule has 0 spiro atoms. The van der Waals surface area contributed by atoms with E-state index in [2.05, 4.69) is 5.32 Å². The Hall–Kier alpha value is -4.15. The van der Waals surface area contributed by atoms with E-state index in [4.69, 9.17) is 21.7 Å². The number of thioether (sulfide) groups is 1. The van der Waals surface area contributed by atoms with Crippen LogP contribution in [0.4, 0.5) is 11.4 Å². The van der Waals surface area contributed by atoms with E-state index in [1.165, 1.54) is 9.80 Å². The predicted octanol–water partition coefficient (Wildman–Crippen LogP) is 5.12. The number of amides is 3. The third kappa shape index (κ3) is 5.57. The topological polar surface area (TPSA) is 88.2 Å². The van der Waals surface area contributed by atoms with Crippen molar-refractivity contribution >= 4 is 63.0 Å². The maximum absolute atomic E-state index is 13.8. The van der Waals surface area contributed by atoms with Crippen LogP contribution < -0.4 is 19.7 Å². The molecule has 0 radical (unpaired) electrons. The molecule has 1 N–H and O–H groups in total. The normalized spacial score (nSPS) is 16.3. The van der Waals surface area contributed by atoms with Crippen LogP contribution in [-0.4, -0.2) is 54.3 Å². The zero-order valence-electron chi connectivity index (χ0n) is 23.1. The van der Waals surface area contributed by atoms with Crippen LogP contribution in [-0.2, 0) is 20.8 Å². The number of nitrogens with zero attached hydrogens (tertiary/aromatic N) is 2. The summed E-state index contributed by atoms with van der Waals surface area (Å²) < 4.78 is 11.1. The molecule has 41 heavy (non-hydrogen) atoms. The van der Waals surface area contributed by atoms with Gasteiger partial charge in [0.1, 0.15) is 10.9 Å². The maximum atomic E-state index is 13.8. The predicted molar refractivity (Wildman–Crippen MR) is 165 cm³/mol. The highest BCUT2D eigenvalue weighted by Crippen LogP contribution is 2.44. The van der Waals surface area contributed by atoms with Crippen LogP contribution in [0.1, 0.15) is 22.3 Å². The van der Waals surface area contributed by atoms with Crippen LogP contribution in [0.5, 0.6) is 11.5 Å². The van der Waals surface area contributed by atoms with Crippen molar-refractivity contribution in [1.29, 1.82) is 0 Å². The van der Waals surface area contributed by atoms with Crippen molar-refractivity contribution in [3.63, 3.8) is 0 Å². The van der Waals surface area contributed by atoms with Crippen LogP contribution in [0.2, 0.25) is 0 Å². The molecule has 0 unspecified atom stereocenters. The second-order valence-corrected chi connectivity index (χ2v) is 11.4. The van der Waals surface area contributed by atoms with Gasteiger partial charge in [0.25, 0.3) is 11.8 Å². The number of thiocarbonyl (C=S) groups is 1. The van der Waals surface area contributed by atoms with Crippen LogP contribution in [0.15, 0.2) is 65.6 Å². The highest BCUT2D eigenvalue weighted by molar-refractivity contribution is 8.26. The quantitative estimate of drug-likeness (QED) is 0.289. The number of hydrogen-bond acceptors (Lipinski definition) is 7. The molecular formula is C31H29N3O5S2. The minimum atomic E-state index is -0.401. The molecule has 8 nitrogen and oxygen atoms in total. The largest absolute Gasteiger partial charge is 0.493 e. The summed E-state index contributed by atoms with van der Waals surface area (Å²) in [4.78, 5) is 43.6. The molecule has 2 heterocycles. The van der Waals surface area contributed by atoms with Gasteiger partial charge in [-0.25, -0.2) is 0 Å². The monoisotopic (exact) mass is 587 g/mol. The van der Waals surface area contributed by atoms with Gasteiger partial charge in [-0.15, -0.1) is 0 Å². The molecule has 2 aliphatic heterocycles. The van der Waals surface area contributed by atoms with E-state index in [1.54, 1.807) is 32.4 Å². The fourth-order valence-electron chi connectivity index (χ4n) is 4.96. The second-order valence-electron chi connectivity index (χ2n) is 9.74. The average Bonchev–Trinajstić information content (AvgIpc) is 3.39. The number of para-hydroxylation sites is 1. The minimum absolute atomic E-state index is 0.188. The van der Waals surface area contributed by atoms with Crippen molar-refractivity contribution in [1.82, 2.24) is 4.90 Å². The zero-order chi connectivity index (χ0) is 29.3. The fourth-order valence-corrected chi connectivity index (χ4v) is 6.34. The molecule has 0 saturated carbocycles. The maximum Gasteiger partial charge on any atom is 0.267 e. The number of benzene rings is 3. The van der Waals surface area contributed by atoms with Crippen molar-refractivity contribution in [2.45, 2.75) is 20.3 Å². The molecule has 10 heteroatoms. The zero-order valence-corrected chi connectivity index (χ0v) is 24.8. The van der Waals surface area contributed by atoms with E-state index >= 15 is 0 Å². The highest BCUT2D eigenvalue weighted by Gasteiger charge is 2.42. The summed E-state index contributed by atoms with van der Waals surface area (Å²) in [5.74, 6) is 0.177. The molecule has 3 amide bonds. The lowest BCUT2D eigenvalue weighted by Crippen LogP contribution is -2.36. The van der Waals surface area contributed by atoms with Crippen molar-refractivity contribution in [3.05, 3.63) is 87.8 Å². The first-order chi connectivity index (χ1) is 19.7. The van der Waals surface area contributed by atoms with E-state index < -0.39 is 5.91 Å². The van der Waals surface area contributed by atoms with Gasteiger partial charge in [-0.05, 0) is 55.7 Å². The summed E-state index contributed by atoms with van der Waals surface area (Å²) >= 11 is 6.68. The Morgan fingerprint density at radius 2 is 1.68 bits per heavy atom. The molecule has 210 valence electrons. The van der Waals surface area contributed by atoms with Crippen LogP contribution in [0.3, 0.4) is 0 Å². The number of rotatable bonds is 8. The van der Waals surface area contributed by atoms with Gasteiger partial charge in [-0.3, -0.25) is 24.2 Å². The van der Waals surface area contributed by atoms with E-state index in [0.717, 1.165) is 28.5 Å². The van der Waals surface area contributed by atoms with E-state index in [9.17, 15) is 14.4 Å². The number of fused-ring (bicyclic) bond motifs is 1. The number of anilines is 2. The van der Waals surface area contributed by atoms with Crippen LogP contribution in [0.25, 0.3) is 5.57 Å². The number of hydrogen-bond donors (Lipinski definition) is 1. The molecule has 3 aromatic rings. The Labute approximate surface area is 248 Å². The molecule has 0 atom stereocenters. The number of carbonyl (C=O) groups excluding carboxylic acids is 3. The lowest BCUT2D eigenvalue weighted by molar-refractivity contribution is -0.122. The SMILES string of the molecule is COc1ccc(CCN2C(=O)C(=C3C(=O)N(CC(=O)Nc4ccc(C)cc4C)c4ccccc43)SC2=S)cc1OC. The molecular weight excluding hydrogens is 558 g/mol. The summed E-state index contributed by atoms with van der Waals surface area (Å²) in [6.07, 6.45) is 0.532. The number of nitrogens with one attached hydrogen (secondary N) is 1. The number of ether oxygens (including phenoxy) is 2. The van der Waals surface area contributed by atoms with E-state index in [1.807, 2.05) is 56.3 Å². The summed E-state index contributed by atoms with van der Waals surface area (Å²) in [7, 11) is 3.15. The second kappa shape index (κ2) is 11.8. The lowest BCUT2D eigenvalue weighted by Gasteiger charge is -2.17. The third-order valence-electron chi connectivity index (χ3n) is 7.03. The molecule has 1 fully saturated rings. The first-order valence-corrected chi connectivity index (χ1v) is 14.2. The van der Waals surface area contributed by atoms with Gasteiger partial charge in [0.05, 0.1) is 30.4 Å². The van der Waals surface area contributed by atoms with Gasteiger partial charge in [-0.2, -0.15) is 0 Å². The molecule has 0 aromatic heterocycles. The Kier molecular flexibility index (Phi) is 8.14. The first kappa shape index (κ1) is 28.4. The number of carbonyl (C=O) groups is 3. The molecule has 0 bridgehead atoms. The molecule has 5 rings (SSSR count). The Bertz CT molecular complexity index is 1620. The van der Waals surface area contributed by atoms with Crippen LogP contribution in [0, 0.1) is 13.8 Å². The van der Waals surface area contributed by atoms with Gasteiger partial charge < -0.3 is 14.8 Å². The number of methoxy groups -OCH3 is 2. The lowest BCUT2D eigenvalue weighted by atomic mass is 10.1. The third-order valence-corrected chi connectivity index (χ3v) is 8.48. The Morgan fingerprint density at radius 1 is 0.927 bits per heavy atom. The van der Waals surface area contributed by atoms with Crippen molar-refractivity contribution < 1.29 is 23.9 Å². The van der Waals surface area contributed by atoms with Gasteiger partial charge in [0, 0.05) is 17.8 Å². The van der Waals surface area contributed by atoms with Crippen LogP contribution >= 0.6 is 24.0 Å². The van der Waals surface area contributed by atoms with Crippen molar-refractivity contribution in [2.24, 2.45) is 0 Å². The van der Waals surface area contributed by atoms with E-state index in [0.29, 0.717) is 45.7 Å². The molecule has 2 aliphatic rings. The number of aryl methyl sites for hydroxylation is 2. The van der Waals surface area contributed by atoms with Gasteiger partial charge >= 0.3 is 0 Å². The molecule has 1 saturated heterocycles. The van der Waals surface area contributed by atoms with Gasteiger partial charge in [-0.1, -0.05) is 65.9 Å². The standard InChI is InChI=1S/C31H29N3O5S2/c1-18-9-11-22(19(2)15-18)32-26(35)17-34-23-8-6-5-7-21(23)27(29(34)36)28-30(37)33(31(40)41-28)14-13-20-10-12-24(38-3)25(16-20)39-4/h5-12,15-16H,13-14,17H2,1-4H3,(H,32,35). The molecule has 0 aliphatic carbocycles.